The van der Waals surface area contributed by atoms with Gasteiger partial charge in [0.1, 0.15) is 6.29 Å². The van der Waals surface area contributed by atoms with E-state index in [9.17, 15) is 13.2 Å². The average Bonchev–Trinajstić information content (AvgIpc) is 2.41. The Bertz CT molecular complexity index is 565. The summed E-state index contributed by atoms with van der Waals surface area (Å²) in [7, 11) is -1.17. The Morgan fingerprint density at radius 2 is 1.85 bits per heavy atom. The van der Waals surface area contributed by atoms with Crippen molar-refractivity contribution in [3.8, 4) is 17.2 Å². The second-order valence-electron chi connectivity index (χ2n) is 3.86. The van der Waals surface area contributed by atoms with Crippen LogP contribution < -0.4 is 14.2 Å². The molecule has 1 N–H and O–H groups in total. The van der Waals surface area contributed by atoms with E-state index in [4.69, 9.17) is 18.8 Å². The molecule has 0 fully saturated rings. The van der Waals surface area contributed by atoms with Crippen molar-refractivity contribution in [3.63, 3.8) is 0 Å². The topological polar surface area (TPSA) is 99.1 Å². The molecule has 8 heteroatoms. The van der Waals surface area contributed by atoms with Crippen LogP contribution in [-0.2, 0) is 10.1 Å². The summed E-state index contributed by atoms with van der Waals surface area (Å²) < 4.78 is 45.3. The number of ether oxygens (including phenoxy) is 3. The molecule has 0 aromatic heterocycles. The molecule has 0 saturated heterocycles. The Hall–Kier alpha value is -1.80. The largest absolute Gasteiger partial charge is 0.493 e. The maximum atomic E-state index is 10.8. The normalized spacial score (nSPS) is 10.9. The maximum Gasteiger partial charge on any atom is 0.264 e. The van der Waals surface area contributed by atoms with Gasteiger partial charge in [0, 0.05) is 5.56 Å². The Labute approximate surface area is 117 Å². The highest BCUT2D eigenvalue weighted by Gasteiger charge is 2.14. The molecule has 1 rings (SSSR count). The summed E-state index contributed by atoms with van der Waals surface area (Å²) in [6.07, 6.45) is 0.739. The number of aldehydes is 1. The molecule has 0 radical (unpaired) electrons. The predicted octanol–water partition coefficient (Wildman–Crippen LogP) is 1.17. The van der Waals surface area contributed by atoms with Gasteiger partial charge in [-0.3, -0.25) is 9.35 Å². The van der Waals surface area contributed by atoms with Crippen LogP contribution in [0.5, 0.6) is 17.2 Å². The zero-order chi connectivity index (χ0) is 15.2. The lowest BCUT2D eigenvalue weighted by molar-refractivity contribution is 0.112. The summed E-state index contributed by atoms with van der Waals surface area (Å²) in [4.78, 5) is 10.8. The van der Waals surface area contributed by atoms with Crippen LogP contribution in [0.4, 0.5) is 0 Å². The van der Waals surface area contributed by atoms with Crippen molar-refractivity contribution in [2.24, 2.45) is 0 Å². The molecular formula is C12H16O7S. The van der Waals surface area contributed by atoms with E-state index in [0.29, 0.717) is 23.3 Å². The summed E-state index contributed by atoms with van der Waals surface area (Å²) in [5, 5.41) is 0. The van der Waals surface area contributed by atoms with E-state index in [0.717, 1.165) is 0 Å². The fourth-order valence-electron chi connectivity index (χ4n) is 1.55. The fraction of sp³-hybridized carbons (Fsp3) is 0.417. The van der Waals surface area contributed by atoms with Crippen LogP contribution in [0.15, 0.2) is 12.1 Å². The van der Waals surface area contributed by atoms with Crippen LogP contribution >= 0.6 is 0 Å². The highest BCUT2D eigenvalue weighted by Crippen LogP contribution is 2.38. The number of carbonyl (C=O) groups excluding carboxylic acids is 1. The monoisotopic (exact) mass is 304 g/mol. The van der Waals surface area contributed by atoms with Crippen LogP contribution in [0.2, 0.25) is 0 Å². The van der Waals surface area contributed by atoms with Gasteiger partial charge in [0.2, 0.25) is 5.75 Å². The third-order valence-corrected chi connectivity index (χ3v) is 3.21. The number of hydrogen-bond acceptors (Lipinski definition) is 6. The lowest BCUT2D eigenvalue weighted by Crippen LogP contribution is -2.09. The van der Waals surface area contributed by atoms with Crippen molar-refractivity contribution in [2.45, 2.75) is 6.42 Å². The molecule has 20 heavy (non-hydrogen) atoms. The molecule has 0 aliphatic carbocycles. The summed E-state index contributed by atoms with van der Waals surface area (Å²) in [5.41, 5.74) is 0.340. The van der Waals surface area contributed by atoms with E-state index in [1.165, 1.54) is 26.4 Å². The number of rotatable bonds is 8. The molecule has 1 aromatic rings. The maximum absolute atomic E-state index is 10.8. The first-order chi connectivity index (χ1) is 9.41. The Balaban J connectivity index is 2.84. The van der Waals surface area contributed by atoms with E-state index in [2.05, 4.69) is 0 Å². The molecule has 0 heterocycles. The van der Waals surface area contributed by atoms with E-state index >= 15 is 0 Å². The summed E-state index contributed by atoms with van der Waals surface area (Å²) in [5.74, 6) is 0.510. The third-order valence-electron chi connectivity index (χ3n) is 2.41. The molecule has 0 bridgehead atoms. The summed E-state index contributed by atoms with van der Waals surface area (Å²) >= 11 is 0. The minimum absolute atomic E-state index is 0.0433. The molecule has 0 atom stereocenters. The SMILES string of the molecule is COc1cc(C=O)cc(OCCCS(=O)(=O)O)c1OC. The molecule has 0 saturated carbocycles. The van der Waals surface area contributed by atoms with Gasteiger partial charge in [0.05, 0.1) is 26.6 Å². The van der Waals surface area contributed by atoms with Gasteiger partial charge in [-0.1, -0.05) is 0 Å². The Kier molecular flexibility index (Phi) is 5.78. The van der Waals surface area contributed by atoms with Gasteiger partial charge in [0.15, 0.2) is 11.5 Å². The van der Waals surface area contributed by atoms with Crippen LogP contribution in [0.25, 0.3) is 0 Å². The molecule has 0 aliphatic heterocycles. The average molecular weight is 304 g/mol. The zero-order valence-corrected chi connectivity index (χ0v) is 12.0. The van der Waals surface area contributed by atoms with Gasteiger partial charge in [-0.25, -0.2) is 0 Å². The molecule has 1 aromatic carbocycles. The van der Waals surface area contributed by atoms with Crippen LogP contribution in [0.3, 0.4) is 0 Å². The number of hydrogen-bond donors (Lipinski definition) is 1. The first kappa shape index (κ1) is 16.3. The van der Waals surface area contributed by atoms with Crippen molar-refractivity contribution in [1.82, 2.24) is 0 Å². The number of carbonyl (C=O) groups is 1. The Morgan fingerprint density at radius 1 is 1.20 bits per heavy atom. The minimum Gasteiger partial charge on any atom is -0.493 e. The smallest absolute Gasteiger partial charge is 0.264 e. The standard InChI is InChI=1S/C12H16O7S/c1-17-10-6-9(8-13)7-11(12(10)18-2)19-4-3-5-20(14,15)16/h6-8H,3-5H2,1-2H3,(H,14,15,16). The molecular weight excluding hydrogens is 288 g/mol. The van der Waals surface area contributed by atoms with E-state index in [-0.39, 0.29) is 18.8 Å². The first-order valence-corrected chi connectivity index (χ1v) is 7.31. The number of methoxy groups -OCH3 is 2. The highest BCUT2D eigenvalue weighted by molar-refractivity contribution is 7.85. The van der Waals surface area contributed by atoms with E-state index in [1.54, 1.807) is 0 Å². The zero-order valence-electron chi connectivity index (χ0n) is 11.2. The van der Waals surface area contributed by atoms with Crippen LogP contribution in [-0.4, -0.2) is 45.8 Å². The third kappa shape index (κ3) is 4.71. The van der Waals surface area contributed by atoms with Gasteiger partial charge in [-0.05, 0) is 18.6 Å². The quantitative estimate of drug-likeness (QED) is 0.437. The molecule has 0 aliphatic rings. The number of benzene rings is 1. The lowest BCUT2D eigenvalue weighted by Gasteiger charge is -2.14. The minimum atomic E-state index is -4.01. The van der Waals surface area contributed by atoms with Crippen molar-refractivity contribution in [2.75, 3.05) is 26.6 Å². The van der Waals surface area contributed by atoms with Crippen molar-refractivity contribution in [3.05, 3.63) is 17.7 Å². The second-order valence-corrected chi connectivity index (χ2v) is 5.43. The van der Waals surface area contributed by atoms with Crippen molar-refractivity contribution in [1.29, 1.82) is 0 Å². The molecule has 0 spiro atoms. The second kappa shape index (κ2) is 7.11. The van der Waals surface area contributed by atoms with Crippen molar-refractivity contribution >= 4 is 16.4 Å². The van der Waals surface area contributed by atoms with Gasteiger partial charge in [0.25, 0.3) is 10.1 Å². The molecule has 112 valence electrons. The first-order valence-electron chi connectivity index (χ1n) is 5.70. The Morgan fingerprint density at radius 3 is 2.35 bits per heavy atom. The van der Waals surface area contributed by atoms with Gasteiger partial charge in [-0.15, -0.1) is 0 Å². The fourth-order valence-corrected chi connectivity index (χ4v) is 2.03. The molecule has 0 unspecified atom stereocenters. The lowest BCUT2D eigenvalue weighted by atomic mass is 10.2. The van der Waals surface area contributed by atoms with Gasteiger partial charge >= 0.3 is 0 Å². The molecule has 7 nitrogen and oxygen atoms in total. The summed E-state index contributed by atoms with van der Waals surface area (Å²) in [6, 6.07) is 2.96. The summed E-state index contributed by atoms with van der Waals surface area (Å²) in [6.45, 7) is 0.0433. The van der Waals surface area contributed by atoms with Crippen molar-refractivity contribution < 1.29 is 32.0 Å². The van der Waals surface area contributed by atoms with E-state index in [1.807, 2.05) is 0 Å². The van der Waals surface area contributed by atoms with Gasteiger partial charge in [-0.2, -0.15) is 8.42 Å². The van der Waals surface area contributed by atoms with E-state index < -0.39 is 15.9 Å². The van der Waals surface area contributed by atoms with Crippen LogP contribution in [0.1, 0.15) is 16.8 Å². The predicted molar refractivity (Wildman–Crippen MR) is 71.5 cm³/mol. The van der Waals surface area contributed by atoms with Crippen LogP contribution in [0, 0.1) is 0 Å². The van der Waals surface area contributed by atoms with Gasteiger partial charge < -0.3 is 14.2 Å². The molecule has 0 amide bonds. The highest BCUT2D eigenvalue weighted by atomic mass is 32.2.